The monoisotopic (exact) mass is 233 g/mol. The summed E-state index contributed by atoms with van der Waals surface area (Å²) in [5.41, 5.74) is 4.75. The van der Waals surface area contributed by atoms with Crippen molar-refractivity contribution in [1.82, 2.24) is 4.72 Å². The molecule has 0 aromatic carbocycles. The first-order chi connectivity index (χ1) is 6.73. The molecule has 4 N–H and O–H groups in total. The minimum Gasteiger partial charge on any atom is -0.387 e. The van der Waals surface area contributed by atoms with Crippen LogP contribution in [-0.4, -0.2) is 26.6 Å². The van der Waals surface area contributed by atoms with E-state index in [1.54, 1.807) is 13.8 Å². The summed E-state index contributed by atoms with van der Waals surface area (Å²) in [7, 11) is -3.19. The molecule has 0 aliphatic heterocycles. The van der Waals surface area contributed by atoms with Crippen LogP contribution >= 0.6 is 0 Å². The first kappa shape index (κ1) is 12.4. The van der Waals surface area contributed by atoms with Crippen LogP contribution in [-0.2, 0) is 10.0 Å². The van der Waals surface area contributed by atoms with Crippen molar-refractivity contribution in [3.8, 4) is 0 Å². The lowest BCUT2D eigenvalue weighted by molar-refractivity contribution is 0.492. The highest BCUT2D eigenvalue weighted by atomic mass is 32.2. The van der Waals surface area contributed by atoms with Gasteiger partial charge < -0.3 is 5.73 Å². The normalized spacial score (nSPS) is 17.7. The smallest absolute Gasteiger partial charge is 0.211 e. The maximum absolute atomic E-state index is 11.5. The maximum atomic E-state index is 11.5. The molecule has 1 rings (SSSR count). The molecule has 0 amide bonds. The van der Waals surface area contributed by atoms with Gasteiger partial charge in [0.15, 0.2) is 0 Å². The highest BCUT2D eigenvalue weighted by Crippen LogP contribution is 2.30. The standard InChI is InChI=1S/C9H19N3O2S/c1-9(2,8(10)11)6-12-15(13,14)5-7-3-4-7/h7,12H,3-6H2,1-2H3,(H3,10,11). The fourth-order valence-electron chi connectivity index (χ4n) is 1.04. The lowest BCUT2D eigenvalue weighted by Crippen LogP contribution is -2.42. The molecular weight excluding hydrogens is 214 g/mol. The van der Waals surface area contributed by atoms with Crippen molar-refractivity contribution >= 4 is 15.9 Å². The van der Waals surface area contributed by atoms with E-state index in [9.17, 15) is 8.42 Å². The molecule has 6 heteroatoms. The van der Waals surface area contributed by atoms with Gasteiger partial charge in [-0.3, -0.25) is 5.41 Å². The van der Waals surface area contributed by atoms with Gasteiger partial charge in [0, 0.05) is 12.0 Å². The molecule has 0 saturated heterocycles. The van der Waals surface area contributed by atoms with Crippen LogP contribution < -0.4 is 10.5 Å². The molecule has 88 valence electrons. The third-order valence-electron chi connectivity index (χ3n) is 2.62. The Hall–Kier alpha value is -0.620. The Morgan fingerprint density at radius 1 is 1.53 bits per heavy atom. The molecule has 1 aliphatic carbocycles. The third-order valence-corrected chi connectivity index (χ3v) is 4.11. The average molecular weight is 233 g/mol. The van der Waals surface area contributed by atoms with Crippen molar-refractivity contribution in [3.05, 3.63) is 0 Å². The van der Waals surface area contributed by atoms with Gasteiger partial charge in [-0.25, -0.2) is 13.1 Å². The fourth-order valence-corrected chi connectivity index (χ4v) is 2.69. The van der Waals surface area contributed by atoms with Gasteiger partial charge in [-0.1, -0.05) is 13.8 Å². The minimum atomic E-state index is -3.19. The highest BCUT2D eigenvalue weighted by molar-refractivity contribution is 7.89. The molecule has 0 aromatic heterocycles. The summed E-state index contributed by atoms with van der Waals surface area (Å²) in [6.07, 6.45) is 2.02. The van der Waals surface area contributed by atoms with Gasteiger partial charge in [-0.15, -0.1) is 0 Å². The van der Waals surface area contributed by atoms with Crippen molar-refractivity contribution < 1.29 is 8.42 Å². The zero-order valence-electron chi connectivity index (χ0n) is 9.21. The molecule has 0 radical (unpaired) electrons. The van der Waals surface area contributed by atoms with Crippen molar-refractivity contribution in [2.24, 2.45) is 17.1 Å². The van der Waals surface area contributed by atoms with Crippen LogP contribution in [0.1, 0.15) is 26.7 Å². The summed E-state index contributed by atoms with van der Waals surface area (Å²) in [4.78, 5) is 0. The number of rotatable bonds is 6. The number of sulfonamides is 1. The summed E-state index contributed by atoms with van der Waals surface area (Å²) in [5, 5.41) is 7.30. The zero-order valence-corrected chi connectivity index (χ0v) is 10.0. The fraction of sp³-hybridized carbons (Fsp3) is 0.889. The Morgan fingerprint density at radius 2 is 2.07 bits per heavy atom. The average Bonchev–Trinajstić information content (AvgIpc) is 2.84. The molecule has 0 bridgehead atoms. The first-order valence-corrected chi connectivity index (χ1v) is 6.70. The van der Waals surface area contributed by atoms with E-state index in [4.69, 9.17) is 11.1 Å². The van der Waals surface area contributed by atoms with E-state index < -0.39 is 15.4 Å². The quantitative estimate of drug-likeness (QED) is 0.454. The van der Waals surface area contributed by atoms with Crippen LogP contribution in [0.5, 0.6) is 0 Å². The maximum Gasteiger partial charge on any atom is 0.211 e. The molecule has 1 saturated carbocycles. The second kappa shape index (κ2) is 4.09. The van der Waals surface area contributed by atoms with Gasteiger partial charge in [-0.05, 0) is 18.8 Å². The predicted octanol–water partition coefficient (Wildman–Crippen LogP) is 0.278. The van der Waals surface area contributed by atoms with Crippen LogP contribution in [0.15, 0.2) is 0 Å². The van der Waals surface area contributed by atoms with E-state index >= 15 is 0 Å². The molecule has 0 aromatic rings. The number of nitrogens with two attached hydrogens (primary N) is 1. The first-order valence-electron chi connectivity index (χ1n) is 5.05. The van der Waals surface area contributed by atoms with Crippen LogP contribution in [0.2, 0.25) is 0 Å². The Balaban J connectivity index is 2.44. The second-order valence-electron chi connectivity index (χ2n) is 4.84. The van der Waals surface area contributed by atoms with E-state index in [-0.39, 0.29) is 18.1 Å². The van der Waals surface area contributed by atoms with Gasteiger partial charge >= 0.3 is 0 Å². The molecule has 0 unspecified atom stereocenters. The Bertz CT molecular complexity index is 344. The largest absolute Gasteiger partial charge is 0.387 e. The molecule has 1 aliphatic rings. The van der Waals surface area contributed by atoms with Gasteiger partial charge in [0.25, 0.3) is 0 Å². The van der Waals surface area contributed by atoms with Crippen LogP contribution in [0.3, 0.4) is 0 Å². The number of nitrogens with one attached hydrogen (secondary N) is 2. The molecule has 0 atom stereocenters. The van der Waals surface area contributed by atoms with E-state index in [1.165, 1.54) is 0 Å². The lowest BCUT2D eigenvalue weighted by atomic mass is 9.93. The van der Waals surface area contributed by atoms with Crippen molar-refractivity contribution in [2.75, 3.05) is 12.3 Å². The molecule has 1 fully saturated rings. The van der Waals surface area contributed by atoms with Crippen LogP contribution in [0.25, 0.3) is 0 Å². The van der Waals surface area contributed by atoms with E-state index in [1.807, 2.05) is 0 Å². The van der Waals surface area contributed by atoms with E-state index in [0.29, 0.717) is 5.92 Å². The Labute approximate surface area is 91.0 Å². The minimum absolute atomic E-state index is 0.00313. The van der Waals surface area contributed by atoms with Crippen molar-refractivity contribution in [2.45, 2.75) is 26.7 Å². The van der Waals surface area contributed by atoms with Gasteiger partial charge in [-0.2, -0.15) is 0 Å². The number of hydrogen-bond donors (Lipinski definition) is 3. The summed E-state index contributed by atoms with van der Waals surface area (Å²) >= 11 is 0. The lowest BCUT2D eigenvalue weighted by Gasteiger charge is -2.23. The number of amidine groups is 1. The van der Waals surface area contributed by atoms with Crippen molar-refractivity contribution in [3.63, 3.8) is 0 Å². The van der Waals surface area contributed by atoms with Gasteiger partial charge in [0.1, 0.15) is 0 Å². The predicted molar refractivity (Wildman–Crippen MR) is 60.2 cm³/mol. The summed E-state index contributed by atoms with van der Waals surface area (Å²) < 4.78 is 25.6. The SMILES string of the molecule is CC(C)(CNS(=O)(=O)CC1CC1)C(=N)N. The zero-order chi connectivity index (χ0) is 11.7. The van der Waals surface area contributed by atoms with Gasteiger partial charge in [0.05, 0.1) is 11.6 Å². The molecule has 5 nitrogen and oxygen atoms in total. The number of hydrogen-bond acceptors (Lipinski definition) is 3. The molecular formula is C9H19N3O2S. The van der Waals surface area contributed by atoms with Crippen LogP contribution in [0, 0.1) is 16.7 Å². The van der Waals surface area contributed by atoms with Gasteiger partial charge in [0.2, 0.25) is 10.0 Å². The molecule has 0 heterocycles. The molecule has 15 heavy (non-hydrogen) atoms. The topological polar surface area (TPSA) is 96.0 Å². The summed E-state index contributed by atoms with van der Waals surface area (Å²) in [6, 6.07) is 0. The Morgan fingerprint density at radius 3 is 2.47 bits per heavy atom. The molecule has 0 spiro atoms. The second-order valence-corrected chi connectivity index (χ2v) is 6.69. The Kier molecular flexibility index (Phi) is 3.40. The van der Waals surface area contributed by atoms with E-state index in [0.717, 1.165) is 12.8 Å². The highest BCUT2D eigenvalue weighted by Gasteiger charge is 2.30. The summed E-state index contributed by atoms with van der Waals surface area (Å²) in [6.45, 7) is 3.68. The van der Waals surface area contributed by atoms with Crippen LogP contribution in [0.4, 0.5) is 0 Å². The van der Waals surface area contributed by atoms with E-state index in [2.05, 4.69) is 4.72 Å². The van der Waals surface area contributed by atoms with Crippen molar-refractivity contribution in [1.29, 1.82) is 5.41 Å². The summed E-state index contributed by atoms with van der Waals surface area (Å²) in [5.74, 6) is 0.542. The third kappa shape index (κ3) is 4.17.